The molecule has 3 N–H and O–H groups in total. The molecule has 2 aromatic rings. The second-order valence-electron chi connectivity index (χ2n) is 6.27. The van der Waals surface area contributed by atoms with Crippen molar-refractivity contribution in [3.8, 4) is 0 Å². The number of hydrogen-bond acceptors (Lipinski definition) is 5. The number of carbonyl (C=O) groups is 3. The number of thioether (sulfide) groups is 1. The number of anilines is 1. The monoisotopic (exact) mass is 383 g/mol. The van der Waals surface area contributed by atoms with E-state index in [0.29, 0.717) is 17.7 Å². The van der Waals surface area contributed by atoms with E-state index in [1.165, 1.54) is 18.7 Å². The summed E-state index contributed by atoms with van der Waals surface area (Å²) in [6.45, 7) is 1.50. The zero-order chi connectivity index (χ0) is 19.2. The number of carbonyl (C=O) groups excluding carboxylic acids is 3. The summed E-state index contributed by atoms with van der Waals surface area (Å²) in [5.74, 6) is -0.0437. The van der Waals surface area contributed by atoms with Crippen LogP contribution in [0, 0.1) is 0 Å². The average Bonchev–Trinajstić information content (AvgIpc) is 2.67. The lowest BCUT2D eigenvalue weighted by atomic mass is 10.0. The molecule has 0 radical (unpaired) electrons. The van der Waals surface area contributed by atoms with Crippen molar-refractivity contribution < 1.29 is 14.4 Å². The summed E-state index contributed by atoms with van der Waals surface area (Å²) in [4.78, 5) is 35.4. The second kappa shape index (κ2) is 8.83. The van der Waals surface area contributed by atoms with Crippen molar-refractivity contribution in [1.29, 1.82) is 0 Å². The maximum absolute atomic E-state index is 12.2. The Morgan fingerprint density at radius 1 is 1.11 bits per heavy atom. The molecule has 1 aliphatic rings. The molecule has 0 aromatic heterocycles. The molecule has 2 aromatic carbocycles. The Hall–Kier alpha value is -2.64. The third kappa shape index (κ3) is 5.42. The van der Waals surface area contributed by atoms with Gasteiger partial charge in [-0.3, -0.25) is 19.7 Å². The van der Waals surface area contributed by atoms with Crippen LogP contribution in [-0.4, -0.2) is 28.8 Å². The van der Waals surface area contributed by atoms with Gasteiger partial charge in [0.2, 0.25) is 11.8 Å². The lowest BCUT2D eigenvalue weighted by Gasteiger charge is -2.31. The Labute approximate surface area is 162 Å². The van der Waals surface area contributed by atoms with Crippen LogP contribution < -0.4 is 16.0 Å². The summed E-state index contributed by atoms with van der Waals surface area (Å²) in [5.41, 5.74) is 1.95. The van der Waals surface area contributed by atoms with E-state index in [9.17, 15) is 14.4 Å². The van der Waals surface area contributed by atoms with Crippen molar-refractivity contribution in [2.24, 2.45) is 0 Å². The van der Waals surface area contributed by atoms with Crippen molar-refractivity contribution in [1.82, 2.24) is 10.6 Å². The average molecular weight is 383 g/mol. The lowest BCUT2D eigenvalue weighted by molar-refractivity contribution is -0.123. The molecule has 0 spiro atoms. The van der Waals surface area contributed by atoms with Crippen LogP contribution >= 0.6 is 11.8 Å². The molecule has 6 nitrogen and oxygen atoms in total. The van der Waals surface area contributed by atoms with Gasteiger partial charge >= 0.3 is 0 Å². The number of nitrogens with one attached hydrogen (secondary N) is 3. The molecule has 2 amide bonds. The fraction of sp³-hybridized carbons (Fsp3) is 0.250. The molecule has 1 heterocycles. The molecular weight excluding hydrogens is 362 g/mol. The van der Waals surface area contributed by atoms with E-state index in [1.807, 2.05) is 30.3 Å². The van der Waals surface area contributed by atoms with E-state index in [4.69, 9.17) is 0 Å². The molecule has 3 rings (SSSR count). The van der Waals surface area contributed by atoms with E-state index in [-0.39, 0.29) is 34.9 Å². The highest BCUT2D eigenvalue weighted by molar-refractivity contribution is 8.00. The maximum Gasteiger partial charge on any atom is 0.234 e. The largest absolute Gasteiger partial charge is 0.332 e. The van der Waals surface area contributed by atoms with Crippen molar-refractivity contribution >= 4 is 35.0 Å². The summed E-state index contributed by atoms with van der Waals surface area (Å²) in [7, 11) is 0. The Kier molecular flexibility index (Phi) is 6.26. The Balaban J connectivity index is 1.52. The van der Waals surface area contributed by atoms with E-state index < -0.39 is 0 Å². The molecule has 0 aliphatic carbocycles. The number of hydrogen-bond donors (Lipinski definition) is 3. The minimum absolute atomic E-state index is 0.0180. The Morgan fingerprint density at radius 2 is 1.81 bits per heavy atom. The van der Waals surface area contributed by atoms with Gasteiger partial charge in [-0.05, 0) is 36.8 Å². The topological polar surface area (TPSA) is 87.3 Å². The van der Waals surface area contributed by atoms with Gasteiger partial charge in [0, 0.05) is 23.7 Å². The minimum Gasteiger partial charge on any atom is -0.332 e. The van der Waals surface area contributed by atoms with Crippen LogP contribution in [0.4, 0.5) is 5.69 Å². The maximum atomic E-state index is 12.2. The predicted octanol–water partition coefficient (Wildman–Crippen LogP) is 2.70. The first-order valence-corrected chi connectivity index (χ1v) is 9.69. The third-order valence-electron chi connectivity index (χ3n) is 4.19. The lowest BCUT2D eigenvalue weighted by Crippen LogP contribution is -2.51. The molecule has 27 heavy (non-hydrogen) atoms. The molecule has 1 aliphatic heterocycles. The van der Waals surface area contributed by atoms with Gasteiger partial charge in [-0.25, -0.2) is 0 Å². The van der Waals surface area contributed by atoms with Crippen molar-refractivity contribution in [2.45, 2.75) is 24.9 Å². The van der Waals surface area contributed by atoms with Crippen LogP contribution in [0.25, 0.3) is 0 Å². The third-order valence-corrected chi connectivity index (χ3v) is 5.21. The number of rotatable bonds is 6. The summed E-state index contributed by atoms with van der Waals surface area (Å²) in [6.07, 6.45) is 0.371. The zero-order valence-corrected chi connectivity index (χ0v) is 15.7. The summed E-state index contributed by atoms with van der Waals surface area (Å²) in [5, 5.41) is 8.99. The first-order valence-electron chi connectivity index (χ1n) is 8.64. The van der Waals surface area contributed by atoms with Crippen LogP contribution in [0.5, 0.6) is 0 Å². The zero-order valence-electron chi connectivity index (χ0n) is 14.9. The van der Waals surface area contributed by atoms with Crippen LogP contribution in [-0.2, 0) is 9.59 Å². The van der Waals surface area contributed by atoms with Crippen molar-refractivity contribution in [3.63, 3.8) is 0 Å². The Morgan fingerprint density at radius 3 is 2.48 bits per heavy atom. The summed E-state index contributed by atoms with van der Waals surface area (Å²) >= 11 is 1.33. The summed E-state index contributed by atoms with van der Waals surface area (Å²) in [6, 6.07) is 16.5. The second-order valence-corrected chi connectivity index (χ2v) is 7.37. The first kappa shape index (κ1) is 19.1. The number of Topliss-reactive ketones (excluding diaryl/α,β-unsaturated/α-hetero) is 1. The standard InChI is InChI=1S/C20H21N3O3S/c1-13(24)14-7-9-16(10-8-14)21-19(26)12-27-20-22-17(11-18(25)23-20)15-5-3-2-4-6-15/h2-10,17,20,22H,11-12H2,1H3,(H,21,26)(H,23,25). The van der Waals surface area contributed by atoms with Crippen LogP contribution in [0.3, 0.4) is 0 Å². The van der Waals surface area contributed by atoms with Gasteiger partial charge in [0.05, 0.1) is 5.75 Å². The van der Waals surface area contributed by atoms with Crippen molar-refractivity contribution in [2.75, 3.05) is 11.1 Å². The molecule has 1 fully saturated rings. The van der Waals surface area contributed by atoms with E-state index in [1.54, 1.807) is 24.3 Å². The molecule has 0 bridgehead atoms. The highest BCUT2D eigenvalue weighted by atomic mass is 32.2. The van der Waals surface area contributed by atoms with E-state index in [2.05, 4.69) is 16.0 Å². The van der Waals surface area contributed by atoms with Gasteiger partial charge in [-0.2, -0.15) is 0 Å². The fourth-order valence-electron chi connectivity index (χ4n) is 2.81. The molecule has 7 heteroatoms. The predicted molar refractivity (Wildman–Crippen MR) is 106 cm³/mol. The quantitative estimate of drug-likeness (QED) is 0.668. The number of ketones is 1. The van der Waals surface area contributed by atoms with Gasteiger partial charge in [-0.1, -0.05) is 30.3 Å². The normalized spacial score (nSPS) is 19.2. The first-order chi connectivity index (χ1) is 13.0. The van der Waals surface area contributed by atoms with Gasteiger partial charge in [0.1, 0.15) is 5.50 Å². The van der Waals surface area contributed by atoms with Gasteiger partial charge in [0.25, 0.3) is 0 Å². The molecule has 140 valence electrons. The van der Waals surface area contributed by atoms with Crippen LogP contribution in [0.1, 0.15) is 35.3 Å². The van der Waals surface area contributed by atoms with Crippen LogP contribution in [0.15, 0.2) is 54.6 Å². The van der Waals surface area contributed by atoms with Gasteiger partial charge < -0.3 is 10.6 Å². The van der Waals surface area contributed by atoms with Gasteiger partial charge in [0.15, 0.2) is 5.78 Å². The molecule has 0 saturated carbocycles. The molecule has 2 unspecified atom stereocenters. The van der Waals surface area contributed by atoms with Crippen LogP contribution in [0.2, 0.25) is 0 Å². The van der Waals surface area contributed by atoms with Crippen molar-refractivity contribution in [3.05, 3.63) is 65.7 Å². The smallest absolute Gasteiger partial charge is 0.234 e. The highest BCUT2D eigenvalue weighted by Crippen LogP contribution is 2.23. The molecule has 1 saturated heterocycles. The summed E-state index contributed by atoms with van der Waals surface area (Å²) < 4.78 is 0. The van der Waals surface area contributed by atoms with E-state index in [0.717, 1.165) is 5.56 Å². The van der Waals surface area contributed by atoms with E-state index >= 15 is 0 Å². The molecule has 2 atom stereocenters. The number of benzene rings is 2. The fourth-order valence-corrected chi connectivity index (χ4v) is 3.67. The van der Waals surface area contributed by atoms with Gasteiger partial charge in [-0.15, -0.1) is 11.8 Å². The minimum atomic E-state index is -0.331. The highest BCUT2D eigenvalue weighted by Gasteiger charge is 2.27. The molecular formula is C20H21N3O3S. The SMILES string of the molecule is CC(=O)c1ccc(NC(=O)CSC2NC(=O)CC(c3ccccc3)N2)cc1. The Bertz CT molecular complexity index is 824. The number of amides is 2.